The van der Waals surface area contributed by atoms with Gasteiger partial charge in [-0.2, -0.15) is 0 Å². The van der Waals surface area contributed by atoms with Crippen LogP contribution >= 0.6 is 0 Å². The number of nitrogens with zero attached hydrogens (tertiary/aromatic N) is 1. The summed E-state index contributed by atoms with van der Waals surface area (Å²) in [6, 6.07) is 0.790. The molecule has 0 saturated carbocycles. The van der Waals surface area contributed by atoms with Crippen molar-refractivity contribution in [2.24, 2.45) is 0 Å². The molecule has 0 radical (unpaired) electrons. The van der Waals surface area contributed by atoms with Crippen LogP contribution in [0.15, 0.2) is 12.1 Å². The number of nitro benzene ring substituents is 1. The van der Waals surface area contributed by atoms with Crippen LogP contribution in [0.4, 0.5) is 14.5 Å². The maximum atomic E-state index is 12.9. The highest BCUT2D eigenvalue weighted by atomic mass is 19.2. The minimum Gasteiger partial charge on any atom is -0.274 e. The Balaban J connectivity index is 3.16. The fourth-order valence-corrected chi connectivity index (χ4v) is 1.06. The van der Waals surface area contributed by atoms with E-state index in [0.29, 0.717) is 12.1 Å². The van der Waals surface area contributed by atoms with E-state index in [9.17, 15) is 23.7 Å². The zero-order valence-corrected chi connectivity index (χ0v) is 8.70. The number of hydroxylamine groups is 1. The Morgan fingerprint density at radius 2 is 2.06 bits per heavy atom. The molecule has 1 aromatic rings. The van der Waals surface area contributed by atoms with Gasteiger partial charge >= 0.3 is 0 Å². The summed E-state index contributed by atoms with van der Waals surface area (Å²) >= 11 is 0. The molecule has 1 amide bonds. The van der Waals surface area contributed by atoms with Crippen molar-refractivity contribution in [2.75, 3.05) is 6.61 Å². The lowest BCUT2D eigenvalue weighted by molar-refractivity contribution is -0.385. The topological polar surface area (TPSA) is 81.5 Å². The minimum atomic E-state index is -1.40. The van der Waals surface area contributed by atoms with Crippen LogP contribution in [0.25, 0.3) is 0 Å². The van der Waals surface area contributed by atoms with Gasteiger partial charge in [-0.25, -0.2) is 14.3 Å². The first-order valence-corrected chi connectivity index (χ1v) is 4.53. The van der Waals surface area contributed by atoms with Gasteiger partial charge in [0, 0.05) is 0 Å². The largest absolute Gasteiger partial charge is 0.285 e. The van der Waals surface area contributed by atoms with Crippen LogP contribution < -0.4 is 5.48 Å². The molecule has 0 saturated heterocycles. The van der Waals surface area contributed by atoms with E-state index in [1.165, 1.54) is 0 Å². The van der Waals surface area contributed by atoms with Gasteiger partial charge in [-0.3, -0.25) is 19.7 Å². The van der Waals surface area contributed by atoms with Crippen LogP contribution in [0.3, 0.4) is 0 Å². The molecule has 6 nitrogen and oxygen atoms in total. The Labute approximate surface area is 94.3 Å². The van der Waals surface area contributed by atoms with Crippen molar-refractivity contribution in [1.82, 2.24) is 5.48 Å². The number of carbonyl (C=O) groups excluding carboxylic acids is 1. The summed E-state index contributed by atoms with van der Waals surface area (Å²) in [6.45, 7) is 1.70. The highest BCUT2D eigenvalue weighted by Crippen LogP contribution is 2.22. The normalized spacial score (nSPS) is 10.1. The van der Waals surface area contributed by atoms with E-state index in [2.05, 4.69) is 4.84 Å². The molecule has 17 heavy (non-hydrogen) atoms. The standard InChI is InChI=1S/C9H8F2N2O4/c1-2-17-12-9(14)5-3-6(10)7(11)4-8(5)13(15)16/h3-4H,2H2,1H3,(H,12,14). The first kappa shape index (κ1) is 13.0. The van der Waals surface area contributed by atoms with Crippen LogP contribution in [-0.2, 0) is 4.84 Å². The maximum Gasteiger partial charge on any atom is 0.285 e. The fourth-order valence-electron chi connectivity index (χ4n) is 1.06. The molecule has 92 valence electrons. The summed E-state index contributed by atoms with van der Waals surface area (Å²) in [5, 5.41) is 10.6. The van der Waals surface area contributed by atoms with E-state index in [1.807, 2.05) is 5.48 Å². The summed E-state index contributed by atoms with van der Waals surface area (Å²) in [4.78, 5) is 25.5. The lowest BCUT2D eigenvalue weighted by atomic mass is 10.1. The third-order valence-corrected chi connectivity index (χ3v) is 1.79. The number of rotatable bonds is 4. The van der Waals surface area contributed by atoms with Gasteiger partial charge in [-0.1, -0.05) is 0 Å². The highest BCUT2D eigenvalue weighted by molar-refractivity contribution is 5.97. The van der Waals surface area contributed by atoms with E-state index in [1.54, 1.807) is 6.92 Å². The second kappa shape index (κ2) is 5.30. The fraction of sp³-hybridized carbons (Fsp3) is 0.222. The molecule has 1 aromatic carbocycles. The number of hydrogen-bond acceptors (Lipinski definition) is 4. The molecule has 1 N–H and O–H groups in total. The lowest BCUT2D eigenvalue weighted by Gasteiger charge is -2.05. The van der Waals surface area contributed by atoms with Gasteiger partial charge in [0.1, 0.15) is 5.56 Å². The second-order valence-electron chi connectivity index (χ2n) is 2.90. The molecule has 0 unspecified atom stereocenters. The second-order valence-corrected chi connectivity index (χ2v) is 2.90. The van der Waals surface area contributed by atoms with Crippen molar-refractivity contribution in [3.05, 3.63) is 39.4 Å². The van der Waals surface area contributed by atoms with E-state index < -0.39 is 33.7 Å². The average molecular weight is 246 g/mol. The molecular weight excluding hydrogens is 238 g/mol. The number of nitrogens with one attached hydrogen (secondary N) is 1. The van der Waals surface area contributed by atoms with E-state index in [-0.39, 0.29) is 6.61 Å². The molecule has 0 aliphatic heterocycles. The van der Waals surface area contributed by atoms with Crippen LogP contribution in [-0.4, -0.2) is 17.4 Å². The monoisotopic (exact) mass is 246 g/mol. The lowest BCUT2D eigenvalue weighted by Crippen LogP contribution is -2.24. The first-order chi connectivity index (χ1) is 7.97. The van der Waals surface area contributed by atoms with E-state index in [0.717, 1.165) is 0 Å². The number of hydrogen-bond donors (Lipinski definition) is 1. The third-order valence-electron chi connectivity index (χ3n) is 1.79. The predicted molar refractivity (Wildman–Crippen MR) is 52.1 cm³/mol. The van der Waals surface area contributed by atoms with Crippen LogP contribution in [0.5, 0.6) is 0 Å². The highest BCUT2D eigenvalue weighted by Gasteiger charge is 2.23. The van der Waals surface area contributed by atoms with Gasteiger partial charge in [0.2, 0.25) is 0 Å². The van der Waals surface area contributed by atoms with Gasteiger partial charge in [0.15, 0.2) is 11.6 Å². The van der Waals surface area contributed by atoms with Crippen molar-refractivity contribution >= 4 is 11.6 Å². The molecule has 0 aliphatic carbocycles. The van der Waals surface area contributed by atoms with Crippen molar-refractivity contribution < 1.29 is 23.3 Å². The van der Waals surface area contributed by atoms with Gasteiger partial charge in [-0.15, -0.1) is 0 Å². The number of carbonyl (C=O) groups is 1. The summed E-state index contributed by atoms with van der Waals surface area (Å²) in [7, 11) is 0. The minimum absolute atomic E-state index is 0.128. The molecule has 0 bridgehead atoms. The molecule has 0 atom stereocenters. The Kier molecular flexibility index (Phi) is 4.05. The van der Waals surface area contributed by atoms with Gasteiger partial charge < -0.3 is 0 Å². The van der Waals surface area contributed by atoms with Gasteiger partial charge in [0.25, 0.3) is 11.6 Å². The van der Waals surface area contributed by atoms with E-state index >= 15 is 0 Å². The molecule has 0 spiro atoms. The summed E-state index contributed by atoms with van der Waals surface area (Å²) in [6.07, 6.45) is 0. The number of nitro groups is 1. The Bertz CT molecular complexity index is 465. The maximum absolute atomic E-state index is 12.9. The summed E-state index contributed by atoms with van der Waals surface area (Å²) in [5.41, 5.74) is 0.417. The van der Waals surface area contributed by atoms with Crippen LogP contribution in [0.2, 0.25) is 0 Å². The molecule has 0 fully saturated rings. The molecule has 0 heterocycles. The van der Waals surface area contributed by atoms with Gasteiger partial charge in [0.05, 0.1) is 17.6 Å². The van der Waals surface area contributed by atoms with Crippen molar-refractivity contribution in [3.8, 4) is 0 Å². The molecule has 0 aliphatic rings. The Morgan fingerprint density at radius 3 is 2.59 bits per heavy atom. The molecule has 0 aromatic heterocycles. The number of amides is 1. The molecule has 1 rings (SSSR count). The SMILES string of the molecule is CCONC(=O)c1cc(F)c(F)cc1[N+](=O)[O-]. The van der Waals surface area contributed by atoms with Crippen molar-refractivity contribution in [3.63, 3.8) is 0 Å². The Hall–Kier alpha value is -2.09. The summed E-state index contributed by atoms with van der Waals surface area (Å²) < 4.78 is 25.7. The predicted octanol–water partition coefficient (Wildman–Crippen LogP) is 1.55. The summed E-state index contributed by atoms with van der Waals surface area (Å²) in [5.74, 6) is -3.76. The zero-order chi connectivity index (χ0) is 13.0. The van der Waals surface area contributed by atoms with Crippen molar-refractivity contribution in [1.29, 1.82) is 0 Å². The van der Waals surface area contributed by atoms with Gasteiger partial charge in [-0.05, 0) is 13.0 Å². The van der Waals surface area contributed by atoms with Crippen LogP contribution in [0, 0.1) is 21.7 Å². The quantitative estimate of drug-likeness (QED) is 0.645. The number of benzene rings is 1. The zero-order valence-electron chi connectivity index (χ0n) is 8.70. The number of halogens is 2. The smallest absolute Gasteiger partial charge is 0.274 e. The van der Waals surface area contributed by atoms with Crippen LogP contribution in [0.1, 0.15) is 17.3 Å². The average Bonchev–Trinajstić information content (AvgIpc) is 2.28. The van der Waals surface area contributed by atoms with E-state index in [4.69, 9.17) is 0 Å². The third kappa shape index (κ3) is 2.94. The molecule has 8 heteroatoms. The Morgan fingerprint density at radius 1 is 1.47 bits per heavy atom. The molecular formula is C9H8F2N2O4. The van der Waals surface area contributed by atoms with Crippen molar-refractivity contribution in [2.45, 2.75) is 6.92 Å². The first-order valence-electron chi connectivity index (χ1n) is 4.53.